The Morgan fingerprint density at radius 3 is 2.62 bits per heavy atom. The SMILES string of the molecule is CNC(=O)Nc1cc(Oc2ccc3c(c2)C[C@@H](NC[C@H](O)c2cccc(Cl)c2)CC3)cc(C(=O)O)c1.Cl. The highest BCUT2D eigenvalue weighted by Crippen LogP contribution is 2.31. The first-order valence-electron chi connectivity index (χ1n) is 11.6. The van der Waals surface area contributed by atoms with Crippen LogP contribution >= 0.6 is 24.0 Å². The molecule has 3 aromatic rings. The maximum Gasteiger partial charge on any atom is 0.335 e. The summed E-state index contributed by atoms with van der Waals surface area (Å²) >= 11 is 6.03. The summed E-state index contributed by atoms with van der Waals surface area (Å²) in [5, 5.41) is 29.0. The number of carbonyl (C=O) groups is 2. The van der Waals surface area contributed by atoms with Gasteiger partial charge >= 0.3 is 12.0 Å². The molecule has 0 spiro atoms. The van der Waals surface area contributed by atoms with Gasteiger partial charge < -0.3 is 30.9 Å². The summed E-state index contributed by atoms with van der Waals surface area (Å²) in [6.45, 7) is 0.416. The Morgan fingerprint density at radius 1 is 1.08 bits per heavy atom. The van der Waals surface area contributed by atoms with Crippen LogP contribution in [0.1, 0.15) is 39.6 Å². The molecule has 0 heterocycles. The maximum absolute atomic E-state index is 11.7. The molecule has 2 amide bonds. The van der Waals surface area contributed by atoms with Gasteiger partial charge in [-0.2, -0.15) is 0 Å². The van der Waals surface area contributed by atoms with Crippen LogP contribution in [0.5, 0.6) is 11.5 Å². The number of aliphatic hydroxyl groups is 1. The Morgan fingerprint density at radius 2 is 1.89 bits per heavy atom. The average Bonchev–Trinajstić information content (AvgIpc) is 2.86. The van der Waals surface area contributed by atoms with Crippen molar-refractivity contribution < 1.29 is 24.5 Å². The fourth-order valence-corrected chi connectivity index (χ4v) is 4.46. The first kappa shape index (κ1) is 28.3. The van der Waals surface area contributed by atoms with Crippen LogP contribution in [-0.2, 0) is 12.8 Å². The van der Waals surface area contributed by atoms with E-state index in [1.807, 2.05) is 30.3 Å². The fourth-order valence-electron chi connectivity index (χ4n) is 4.26. The van der Waals surface area contributed by atoms with Crippen LogP contribution in [0.2, 0.25) is 5.02 Å². The monoisotopic (exact) mass is 545 g/mol. The number of carboxylic acids is 1. The molecule has 0 fully saturated rings. The van der Waals surface area contributed by atoms with E-state index in [0.29, 0.717) is 28.8 Å². The highest BCUT2D eigenvalue weighted by atomic mass is 35.5. The summed E-state index contributed by atoms with van der Waals surface area (Å²) in [7, 11) is 1.47. The molecule has 3 aromatic carbocycles. The number of fused-ring (bicyclic) bond motifs is 1. The smallest absolute Gasteiger partial charge is 0.335 e. The lowest BCUT2D eigenvalue weighted by atomic mass is 9.88. The van der Waals surface area contributed by atoms with Crippen molar-refractivity contribution >= 4 is 41.7 Å². The lowest BCUT2D eigenvalue weighted by Crippen LogP contribution is -2.37. The Hall–Kier alpha value is -3.30. The number of hydrogen-bond acceptors (Lipinski definition) is 5. The van der Waals surface area contributed by atoms with Gasteiger partial charge in [0, 0.05) is 36.4 Å². The van der Waals surface area contributed by atoms with Gasteiger partial charge in [0.2, 0.25) is 0 Å². The molecule has 0 saturated heterocycles. The van der Waals surface area contributed by atoms with Gasteiger partial charge in [0.1, 0.15) is 11.5 Å². The van der Waals surface area contributed by atoms with Crippen LogP contribution in [0.15, 0.2) is 60.7 Å². The molecular weight excluding hydrogens is 517 g/mol. The van der Waals surface area contributed by atoms with Crippen LogP contribution in [0, 0.1) is 0 Å². The van der Waals surface area contributed by atoms with E-state index in [1.165, 1.54) is 24.7 Å². The Labute approximate surface area is 226 Å². The zero-order chi connectivity index (χ0) is 25.7. The normalized spacial score (nSPS) is 15.1. The minimum absolute atomic E-state index is 0. The van der Waals surface area contributed by atoms with E-state index in [2.05, 4.69) is 16.0 Å². The number of carboxylic acid groups (broad SMARTS) is 1. The molecular formula is C27H29Cl2N3O5. The minimum atomic E-state index is -1.13. The topological polar surface area (TPSA) is 120 Å². The highest BCUT2D eigenvalue weighted by molar-refractivity contribution is 6.30. The molecule has 0 unspecified atom stereocenters. The molecule has 10 heteroatoms. The largest absolute Gasteiger partial charge is 0.478 e. The van der Waals surface area contributed by atoms with Gasteiger partial charge in [0.25, 0.3) is 0 Å². The van der Waals surface area contributed by atoms with Gasteiger partial charge in [-0.05, 0) is 72.4 Å². The number of ether oxygens (including phenoxy) is 1. The average molecular weight is 546 g/mol. The van der Waals surface area contributed by atoms with Crippen LogP contribution in [-0.4, -0.2) is 41.8 Å². The van der Waals surface area contributed by atoms with E-state index in [9.17, 15) is 19.8 Å². The molecule has 37 heavy (non-hydrogen) atoms. The first-order valence-corrected chi connectivity index (χ1v) is 12.0. The minimum Gasteiger partial charge on any atom is -0.478 e. The molecule has 1 aliphatic rings. The lowest BCUT2D eigenvalue weighted by molar-refractivity contribution is 0.0696. The number of aliphatic hydroxyl groups excluding tert-OH is 1. The van der Waals surface area contributed by atoms with Gasteiger partial charge in [-0.25, -0.2) is 9.59 Å². The third-order valence-electron chi connectivity index (χ3n) is 6.11. The number of aryl methyl sites for hydroxylation is 1. The lowest BCUT2D eigenvalue weighted by Gasteiger charge is -2.27. The number of amides is 2. The van der Waals surface area contributed by atoms with Crippen molar-refractivity contribution in [1.82, 2.24) is 10.6 Å². The van der Waals surface area contributed by atoms with Crippen molar-refractivity contribution in [3.05, 3.63) is 87.9 Å². The maximum atomic E-state index is 11.7. The fraction of sp³-hybridized carbons (Fsp3) is 0.259. The summed E-state index contributed by atoms with van der Waals surface area (Å²) in [6.07, 6.45) is 1.96. The van der Waals surface area contributed by atoms with E-state index in [1.54, 1.807) is 18.2 Å². The van der Waals surface area contributed by atoms with E-state index < -0.39 is 18.1 Å². The van der Waals surface area contributed by atoms with E-state index in [0.717, 1.165) is 30.4 Å². The molecule has 0 aromatic heterocycles. The first-order chi connectivity index (χ1) is 17.3. The molecule has 4 rings (SSSR count). The second kappa shape index (κ2) is 12.8. The number of hydrogen-bond donors (Lipinski definition) is 5. The van der Waals surface area contributed by atoms with Crippen LogP contribution < -0.4 is 20.7 Å². The molecule has 0 aliphatic heterocycles. The molecule has 5 N–H and O–H groups in total. The Bertz CT molecular complexity index is 1270. The molecule has 0 saturated carbocycles. The van der Waals surface area contributed by atoms with E-state index in [-0.39, 0.29) is 24.0 Å². The molecule has 0 bridgehead atoms. The molecule has 8 nitrogen and oxygen atoms in total. The summed E-state index contributed by atoms with van der Waals surface area (Å²) in [6, 6.07) is 17.1. The van der Waals surface area contributed by atoms with Gasteiger partial charge in [-0.3, -0.25) is 0 Å². The van der Waals surface area contributed by atoms with Crippen LogP contribution in [0.4, 0.5) is 10.5 Å². The quantitative estimate of drug-likeness (QED) is 0.266. The standard InChI is InChI=1S/C27H28ClN3O5.ClH/c1-29-27(35)31-22-11-19(26(33)34)13-24(14-22)36-23-8-6-16-5-7-21(10-18(16)12-23)30-15-25(32)17-3-2-4-20(28)9-17;/h2-4,6,8-9,11-14,21,25,30,32H,5,7,10,15H2,1H3,(H,33,34)(H2,29,31,35);1H/t21-,25-;/m0./s1. The third kappa shape index (κ3) is 7.60. The van der Waals surface area contributed by atoms with Gasteiger partial charge in [-0.15, -0.1) is 12.4 Å². The third-order valence-corrected chi connectivity index (χ3v) is 6.35. The number of carbonyl (C=O) groups excluding carboxylic acids is 1. The number of benzene rings is 3. The van der Waals surface area contributed by atoms with Crippen LogP contribution in [0.25, 0.3) is 0 Å². The van der Waals surface area contributed by atoms with E-state index in [4.69, 9.17) is 16.3 Å². The van der Waals surface area contributed by atoms with Crippen molar-refractivity contribution in [3.63, 3.8) is 0 Å². The van der Waals surface area contributed by atoms with Crippen molar-refractivity contribution in [1.29, 1.82) is 0 Å². The summed E-state index contributed by atoms with van der Waals surface area (Å²) < 4.78 is 5.99. The van der Waals surface area contributed by atoms with Crippen molar-refractivity contribution in [2.24, 2.45) is 0 Å². The predicted molar refractivity (Wildman–Crippen MR) is 145 cm³/mol. The molecule has 196 valence electrons. The molecule has 2 atom stereocenters. The number of anilines is 1. The number of rotatable bonds is 8. The predicted octanol–water partition coefficient (Wildman–Crippen LogP) is 5.18. The molecule has 0 radical (unpaired) electrons. The second-order valence-electron chi connectivity index (χ2n) is 8.71. The number of urea groups is 1. The second-order valence-corrected chi connectivity index (χ2v) is 9.14. The van der Waals surface area contributed by atoms with Gasteiger partial charge in [0.05, 0.1) is 11.7 Å². The van der Waals surface area contributed by atoms with Gasteiger partial charge in [-0.1, -0.05) is 29.8 Å². The highest BCUT2D eigenvalue weighted by Gasteiger charge is 2.20. The number of nitrogens with one attached hydrogen (secondary N) is 3. The van der Waals surface area contributed by atoms with Crippen LogP contribution in [0.3, 0.4) is 0 Å². The van der Waals surface area contributed by atoms with Gasteiger partial charge in [0.15, 0.2) is 0 Å². The zero-order valence-corrected chi connectivity index (χ0v) is 21.7. The molecule has 1 aliphatic carbocycles. The van der Waals surface area contributed by atoms with Crippen molar-refractivity contribution in [2.75, 3.05) is 18.9 Å². The van der Waals surface area contributed by atoms with E-state index >= 15 is 0 Å². The Kier molecular flexibility index (Phi) is 9.77. The number of aromatic carboxylic acids is 1. The number of halogens is 2. The Balaban J connectivity index is 0.00000380. The summed E-state index contributed by atoms with van der Waals surface area (Å²) in [5.74, 6) is -0.252. The summed E-state index contributed by atoms with van der Waals surface area (Å²) in [4.78, 5) is 23.2. The van der Waals surface area contributed by atoms with Crippen molar-refractivity contribution in [2.45, 2.75) is 31.4 Å². The van der Waals surface area contributed by atoms with Crippen molar-refractivity contribution in [3.8, 4) is 11.5 Å². The summed E-state index contributed by atoms with van der Waals surface area (Å²) in [5.41, 5.74) is 3.45. The zero-order valence-electron chi connectivity index (χ0n) is 20.2.